The van der Waals surface area contributed by atoms with Crippen molar-refractivity contribution >= 4 is 61.0 Å². The van der Waals surface area contributed by atoms with Gasteiger partial charge in [0.25, 0.3) is 5.91 Å². The van der Waals surface area contributed by atoms with E-state index in [0.717, 1.165) is 22.1 Å². The molecule has 0 N–H and O–H groups in total. The van der Waals surface area contributed by atoms with Crippen LogP contribution in [0.25, 0.3) is 0 Å². The van der Waals surface area contributed by atoms with Crippen LogP contribution in [0.1, 0.15) is 12.8 Å². The number of hydrogen-bond acceptors (Lipinski definition) is 4. The van der Waals surface area contributed by atoms with Gasteiger partial charge in [-0.1, -0.05) is 17.8 Å². The Morgan fingerprint density at radius 1 is 1.30 bits per heavy atom. The van der Waals surface area contributed by atoms with Crippen molar-refractivity contribution in [3.05, 3.63) is 27.8 Å². The Labute approximate surface area is 153 Å². The van der Waals surface area contributed by atoms with Gasteiger partial charge in [0.1, 0.15) is 0 Å². The number of fused-ring (bicyclic) bond motifs is 1. The van der Waals surface area contributed by atoms with Gasteiger partial charge in [0.05, 0.1) is 17.5 Å². The lowest BCUT2D eigenvalue weighted by Crippen LogP contribution is -2.37. The number of amides is 1. The van der Waals surface area contributed by atoms with Gasteiger partial charge in [0.15, 0.2) is 15.0 Å². The number of nitrogens with zero attached hydrogens (tertiary/aromatic N) is 2. The molecule has 0 radical (unpaired) electrons. The van der Waals surface area contributed by atoms with E-state index in [-0.39, 0.29) is 34.6 Å². The maximum atomic E-state index is 12.1. The summed E-state index contributed by atoms with van der Waals surface area (Å²) < 4.78 is 25.0. The van der Waals surface area contributed by atoms with E-state index < -0.39 is 9.84 Å². The van der Waals surface area contributed by atoms with E-state index in [0.29, 0.717) is 5.17 Å². The highest BCUT2D eigenvalue weighted by Crippen LogP contribution is 2.42. The van der Waals surface area contributed by atoms with Crippen LogP contribution in [0, 0.1) is 9.49 Å². The second kappa shape index (κ2) is 5.73. The van der Waals surface area contributed by atoms with Crippen molar-refractivity contribution in [2.75, 3.05) is 16.4 Å². The van der Waals surface area contributed by atoms with Crippen molar-refractivity contribution in [3.63, 3.8) is 0 Å². The Morgan fingerprint density at radius 2 is 2.09 bits per heavy atom. The zero-order valence-electron chi connectivity index (χ0n) is 12.2. The van der Waals surface area contributed by atoms with Crippen LogP contribution in [0.4, 0.5) is 5.69 Å². The Kier molecular flexibility index (Phi) is 3.96. The van der Waals surface area contributed by atoms with Gasteiger partial charge in [0.2, 0.25) is 0 Å². The normalized spacial score (nSPS) is 30.7. The summed E-state index contributed by atoms with van der Waals surface area (Å²) in [4.78, 5) is 18.4. The summed E-state index contributed by atoms with van der Waals surface area (Å²) in [5, 5.41) is 0.623. The highest BCUT2D eigenvalue weighted by atomic mass is 127. The number of rotatable bonds is 2. The van der Waals surface area contributed by atoms with E-state index in [2.05, 4.69) is 27.6 Å². The highest BCUT2D eigenvalue weighted by Gasteiger charge is 2.49. The molecular weight excluding hydrogens is 447 g/mol. The summed E-state index contributed by atoms with van der Waals surface area (Å²) in [6.07, 6.45) is 1.84. The molecule has 8 heteroatoms. The van der Waals surface area contributed by atoms with Crippen molar-refractivity contribution in [2.24, 2.45) is 10.9 Å². The smallest absolute Gasteiger partial charge is 0.251 e. The molecule has 1 amide bonds. The molecule has 122 valence electrons. The summed E-state index contributed by atoms with van der Waals surface area (Å²) in [7, 11) is -3.02. The van der Waals surface area contributed by atoms with Crippen molar-refractivity contribution in [1.29, 1.82) is 0 Å². The summed E-state index contributed by atoms with van der Waals surface area (Å²) in [6, 6.07) is 7.76. The second-order valence-electron chi connectivity index (χ2n) is 6.16. The van der Waals surface area contributed by atoms with Crippen molar-refractivity contribution in [2.45, 2.75) is 24.1 Å². The van der Waals surface area contributed by atoms with Gasteiger partial charge in [-0.2, -0.15) is 4.99 Å². The molecule has 2 saturated heterocycles. The van der Waals surface area contributed by atoms with Crippen molar-refractivity contribution in [3.8, 4) is 0 Å². The fourth-order valence-corrected chi connectivity index (χ4v) is 7.45. The molecule has 0 aromatic heterocycles. The number of amidine groups is 1. The minimum Gasteiger partial charge on any atom is -0.316 e. The van der Waals surface area contributed by atoms with Crippen LogP contribution in [-0.4, -0.2) is 42.3 Å². The van der Waals surface area contributed by atoms with Crippen molar-refractivity contribution < 1.29 is 13.2 Å². The van der Waals surface area contributed by atoms with Crippen LogP contribution < -0.4 is 4.90 Å². The van der Waals surface area contributed by atoms with E-state index in [1.165, 1.54) is 11.8 Å². The van der Waals surface area contributed by atoms with E-state index in [4.69, 9.17) is 0 Å². The topological polar surface area (TPSA) is 66.8 Å². The Bertz CT molecular complexity index is 805. The fraction of sp³-hybridized carbons (Fsp3) is 0.467. The minimum absolute atomic E-state index is 0.0383. The van der Waals surface area contributed by atoms with Crippen LogP contribution in [-0.2, 0) is 14.6 Å². The highest BCUT2D eigenvalue weighted by molar-refractivity contribution is 14.1. The predicted octanol–water partition coefficient (Wildman–Crippen LogP) is 2.30. The third kappa shape index (κ3) is 3.17. The molecule has 1 aromatic carbocycles. The van der Waals surface area contributed by atoms with Gasteiger partial charge >= 0.3 is 0 Å². The average molecular weight is 462 g/mol. The van der Waals surface area contributed by atoms with E-state index in [1.807, 2.05) is 29.2 Å². The number of halogens is 1. The molecule has 5 nitrogen and oxygen atoms in total. The molecule has 4 rings (SSSR count). The summed E-state index contributed by atoms with van der Waals surface area (Å²) >= 11 is 3.67. The zero-order valence-corrected chi connectivity index (χ0v) is 16.0. The lowest BCUT2D eigenvalue weighted by molar-refractivity contribution is -0.118. The maximum Gasteiger partial charge on any atom is 0.251 e. The van der Waals surface area contributed by atoms with E-state index in [1.54, 1.807) is 0 Å². The predicted molar refractivity (Wildman–Crippen MR) is 101 cm³/mol. The number of sulfone groups is 1. The lowest BCUT2D eigenvalue weighted by Gasteiger charge is -2.24. The summed E-state index contributed by atoms with van der Waals surface area (Å²) in [5.74, 6) is 0.308. The van der Waals surface area contributed by atoms with Crippen LogP contribution >= 0.6 is 34.4 Å². The first-order valence-electron chi connectivity index (χ1n) is 7.47. The molecule has 3 aliphatic rings. The number of anilines is 1. The number of aliphatic imine (C=N–C) groups is 1. The van der Waals surface area contributed by atoms with Crippen LogP contribution in [0.5, 0.6) is 0 Å². The largest absolute Gasteiger partial charge is 0.316 e. The molecule has 0 bridgehead atoms. The standard InChI is InChI=1S/C15H15IN2O3S2/c16-10-2-1-3-11(6-10)18-12-7-23(20,21)8-13(12)22-15(18)17-14(19)9-4-5-9/h1-3,6,9,12-13H,4-5,7-8H2/t12-,13-/m1/s1. The van der Waals surface area contributed by atoms with Crippen LogP contribution in [0.3, 0.4) is 0 Å². The molecule has 1 aromatic rings. The van der Waals surface area contributed by atoms with E-state index in [9.17, 15) is 13.2 Å². The van der Waals surface area contributed by atoms with Crippen molar-refractivity contribution in [1.82, 2.24) is 0 Å². The SMILES string of the molecule is O=C(N=C1S[C@@H]2CS(=O)(=O)C[C@H]2N1c1cccc(I)c1)C1CC1. The summed E-state index contributed by atoms with van der Waals surface area (Å²) in [5.41, 5.74) is 0.913. The molecule has 23 heavy (non-hydrogen) atoms. The number of thioether (sulfide) groups is 1. The molecule has 3 fully saturated rings. The Balaban J connectivity index is 1.73. The average Bonchev–Trinajstić information content (AvgIpc) is 3.20. The number of carbonyl (C=O) groups excluding carboxylic acids is 1. The minimum atomic E-state index is -3.02. The van der Waals surface area contributed by atoms with Gasteiger partial charge in [-0.3, -0.25) is 4.79 Å². The second-order valence-corrected chi connectivity index (χ2v) is 10.8. The quantitative estimate of drug-likeness (QED) is 0.632. The monoisotopic (exact) mass is 462 g/mol. The Morgan fingerprint density at radius 3 is 2.78 bits per heavy atom. The van der Waals surface area contributed by atoms with Gasteiger partial charge < -0.3 is 4.90 Å². The van der Waals surface area contributed by atoms with E-state index >= 15 is 0 Å². The first-order valence-corrected chi connectivity index (χ1v) is 11.3. The number of benzene rings is 1. The first kappa shape index (κ1) is 15.9. The number of carbonyl (C=O) groups is 1. The molecule has 2 aliphatic heterocycles. The molecule has 2 atom stereocenters. The molecular formula is C15H15IN2O3S2. The molecule has 1 saturated carbocycles. The van der Waals surface area contributed by atoms with Crippen LogP contribution in [0.2, 0.25) is 0 Å². The van der Waals surface area contributed by atoms with Gasteiger partial charge in [-0.05, 0) is 53.6 Å². The first-order chi connectivity index (χ1) is 10.9. The van der Waals surface area contributed by atoms with Gasteiger partial charge in [0, 0.05) is 20.4 Å². The van der Waals surface area contributed by atoms with Gasteiger partial charge in [-0.15, -0.1) is 0 Å². The fourth-order valence-electron chi connectivity index (χ4n) is 3.01. The van der Waals surface area contributed by atoms with Crippen LogP contribution in [0.15, 0.2) is 29.3 Å². The third-order valence-electron chi connectivity index (χ3n) is 4.29. The van der Waals surface area contributed by atoms with Gasteiger partial charge in [-0.25, -0.2) is 8.42 Å². The summed E-state index contributed by atoms with van der Waals surface area (Å²) in [6.45, 7) is 0. The molecule has 1 aliphatic carbocycles. The third-order valence-corrected chi connectivity index (χ3v) is 8.17. The molecule has 2 heterocycles. The molecule has 0 unspecified atom stereocenters. The molecule has 0 spiro atoms. The Hall–Kier alpha value is -0.610. The number of hydrogen-bond donors (Lipinski definition) is 0. The lowest BCUT2D eigenvalue weighted by atomic mass is 10.2. The zero-order chi connectivity index (χ0) is 16.2. The maximum absolute atomic E-state index is 12.1.